The van der Waals surface area contributed by atoms with Crippen molar-refractivity contribution in [2.45, 2.75) is 33.6 Å². The molecule has 78 valence electrons. The Bertz CT molecular complexity index is 294. The molecule has 0 aliphatic heterocycles. The van der Waals surface area contributed by atoms with Gasteiger partial charge in [0.1, 0.15) is 5.75 Å². The first kappa shape index (κ1) is 11.0. The third kappa shape index (κ3) is 3.02. The highest BCUT2D eigenvalue weighted by Crippen LogP contribution is 2.20. The molecule has 0 aliphatic rings. The molecule has 0 aliphatic carbocycles. The monoisotopic (exact) mass is 193 g/mol. The molecule has 0 saturated carbocycles. The SMILES string of the molecule is COc1cc(C)ncc1CCC(C)C. The first-order valence-corrected chi connectivity index (χ1v) is 5.13. The van der Waals surface area contributed by atoms with Crippen LogP contribution in [0.15, 0.2) is 12.3 Å². The molecule has 0 aromatic carbocycles. The lowest BCUT2D eigenvalue weighted by Gasteiger charge is -2.09. The van der Waals surface area contributed by atoms with Gasteiger partial charge in [-0.05, 0) is 25.7 Å². The molecule has 2 nitrogen and oxygen atoms in total. The van der Waals surface area contributed by atoms with Crippen LogP contribution in [-0.2, 0) is 6.42 Å². The van der Waals surface area contributed by atoms with Gasteiger partial charge in [-0.15, -0.1) is 0 Å². The van der Waals surface area contributed by atoms with Crippen molar-refractivity contribution < 1.29 is 4.74 Å². The maximum absolute atomic E-state index is 5.32. The highest BCUT2D eigenvalue weighted by molar-refractivity contribution is 5.32. The number of rotatable bonds is 4. The molecule has 0 N–H and O–H groups in total. The second kappa shape index (κ2) is 4.99. The summed E-state index contributed by atoms with van der Waals surface area (Å²) < 4.78 is 5.32. The van der Waals surface area contributed by atoms with Crippen molar-refractivity contribution in [1.29, 1.82) is 0 Å². The summed E-state index contributed by atoms with van der Waals surface area (Å²) in [7, 11) is 1.72. The molecule has 2 heteroatoms. The summed E-state index contributed by atoms with van der Waals surface area (Å²) in [6.07, 6.45) is 4.16. The van der Waals surface area contributed by atoms with Crippen LogP contribution < -0.4 is 4.74 Å². The largest absolute Gasteiger partial charge is 0.496 e. The second-order valence-corrected chi connectivity index (χ2v) is 4.07. The summed E-state index contributed by atoms with van der Waals surface area (Å²) >= 11 is 0. The molecule has 0 atom stereocenters. The van der Waals surface area contributed by atoms with Crippen LogP contribution in [-0.4, -0.2) is 12.1 Å². The molecular weight excluding hydrogens is 174 g/mol. The van der Waals surface area contributed by atoms with E-state index in [4.69, 9.17) is 4.74 Å². The Morgan fingerprint density at radius 1 is 1.43 bits per heavy atom. The zero-order valence-electron chi connectivity index (χ0n) is 9.50. The molecule has 1 aromatic rings. The molecule has 0 saturated heterocycles. The van der Waals surface area contributed by atoms with Gasteiger partial charge >= 0.3 is 0 Å². The number of aromatic nitrogens is 1. The summed E-state index contributed by atoms with van der Waals surface area (Å²) in [4.78, 5) is 4.29. The van der Waals surface area contributed by atoms with Gasteiger partial charge in [-0.25, -0.2) is 0 Å². The van der Waals surface area contributed by atoms with Gasteiger partial charge in [0.25, 0.3) is 0 Å². The Kier molecular flexibility index (Phi) is 3.93. The quantitative estimate of drug-likeness (QED) is 0.733. The van der Waals surface area contributed by atoms with E-state index in [2.05, 4.69) is 18.8 Å². The van der Waals surface area contributed by atoms with E-state index >= 15 is 0 Å². The fourth-order valence-electron chi connectivity index (χ4n) is 1.38. The molecule has 0 spiro atoms. The first-order chi connectivity index (χ1) is 6.63. The van der Waals surface area contributed by atoms with Crippen LogP contribution in [0.5, 0.6) is 5.75 Å². The van der Waals surface area contributed by atoms with Crippen molar-refractivity contribution >= 4 is 0 Å². The summed E-state index contributed by atoms with van der Waals surface area (Å²) in [5.41, 5.74) is 2.22. The van der Waals surface area contributed by atoms with Crippen molar-refractivity contribution in [3.8, 4) is 5.75 Å². The van der Waals surface area contributed by atoms with E-state index in [0.717, 1.165) is 23.8 Å². The molecule has 1 aromatic heterocycles. The molecule has 0 unspecified atom stereocenters. The second-order valence-electron chi connectivity index (χ2n) is 4.07. The molecule has 14 heavy (non-hydrogen) atoms. The molecule has 0 fully saturated rings. The Hall–Kier alpha value is -1.05. The van der Waals surface area contributed by atoms with Crippen LogP contribution in [0.25, 0.3) is 0 Å². The minimum absolute atomic E-state index is 0.723. The third-order valence-electron chi connectivity index (χ3n) is 2.29. The van der Waals surface area contributed by atoms with Gasteiger partial charge in [-0.2, -0.15) is 0 Å². The Morgan fingerprint density at radius 2 is 2.14 bits per heavy atom. The highest BCUT2D eigenvalue weighted by atomic mass is 16.5. The average Bonchev–Trinajstić information content (AvgIpc) is 2.15. The average molecular weight is 193 g/mol. The van der Waals surface area contributed by atoms with Gasteiger partial charge in [0.05, 0.1) is 7.11 Å². The van der Waals surface area contributed by atoms with Gasteiger partial charge < -0.3 is 4.74 Å². The normalized spacial score (nSPS) is 10.6. The number of hydrogen-bond acceptors (Lipinski definition) is 2. The van der Waals surface area contributed by atoms with E-state index in [1.54, 1.807) is 7.11 Å². The Morgan fingerprint density at radius 3 is 2.71 bits per heavy atom. The number of ether oxygens (including phenoxy) is 1. The zero-order chi connectivity index (χ0) is 10.6. The molecular formula is C12H19NO. The first-order valence-electron chi connectivity index (χ1n) is 5.13. The summed E-state index contributed by atoms with van der Waals surface area (Å²) in [6, 6.07) is 2.00. The van der Waals surface area contributed by atoms with E-state index < -0.39 is 0 Å². The molecule has 0 bridgehead atoms. The Balaban J connectivity index is 2.75. The van der Waals surface area contributed by atoms with Crippen LogP contribution in [0.4, 0.5) is 0 Å². The maximum Gasteiger partial charge on any atom is 0.125 e. The zero-order valence-corrected chi connectivity index (χ0v) is 9.50. The number of pyridine rings is 1. The van der Waals surface area contributed by atoms with Crippen LogP contribution in [0.1, 0.15) is 31.5 Å². The van der Waals surface area contributed by atoms with Crippen molar-refractivity contribution in [2.75, 3.05) is 7.11 Å². The van der Waals surface area contributed by atoms with Crippen LogP contribution in [0.3, 0.4) is 0 Å². The topological polar surface area (TPSA) is 22.1 Å². The summed E-state index contributed by atoms with van der Waals surface area (Å²) in [6.45, 7) is 6.44. The minimum atomic E-state index is 0.723. The number of aryl methyl sites for hydroxylation is 2. The predicted octanol–water partition coefficient (Wildman–Crippen LogP) is 2.99. The third-order valence-corrected chi connectivity index (χ3v) is 2.29. The lowest BCUT2D eigenvalue weighted by molar-refractivity contribution is 0.406. The molecule has 0 amide bonds. The van der Waals surface area contributed by atoms with Gasteiger partial charge in [-0.1, -0.05) is 13.8 Å². The standard InChI is InChI=1S/C12H19NO/c1-9(2)5-6-11-8-13-10(3)7-12(11)14-4/h7-9H,5-6H2,1-4H3. The smallest absolute Gasteiger partial charge is 0.125 e. The highest BCUT2D eigenvalue weighted by Gasteiger charge is 2.04. The van der Waals surface area contributed by atoms with E-state index in [0.29, 0.717) is 0 Å². The minimum Gasteiger partial charge on any atom is -0.496 e. The van der Waals surface area contributed by atoms with E-state index in [9.17, 15) is 0 Å². The maximum atomic E-state index is 5.32. The van der Waals surface area contributed by atoms with Gasteiger partial charge in [0.15, 0.2) is 0 Å². The molecule has 1 rings (SSSR count). The number of hydrogen-bond donors (Lipinski definition) is 0. The molecule has 1 heterocycles. The van der Waals surface area contributed by atoms with Crippen LogP contribution >= 0.6 is 0 Å². The van der Waals surface area contributed by atoms with Crippen LogP contribution in [0, 0.1) is 12.8 Å². The van der Waals surface area contributed by atoms with E-state index in [-0.39, 0.29) is 0 Å². The van der Waals surface area contributed by atoms with Crippen molar-refractivity contribution in [2.24, 2.45) is 5.92 Å². The molecule has 0 radical (unpaired) electrons. The lowest BCUT2D eigenvalue weighted by Crippen LogP contribution is -1.97. The van der Waals surface area contributed by atoms with Gasteiger partial charge in [-0.3, -0.25) is 4.98 Å². The fraction of sp³-hybridized carbons (Fsp3) is 0.583. The Labute approximate surface area is 86.3 Å². The predicted molar refractivity (Wildman–Crippen MR) is 58.7 cm³/mol. The van der Waals surface area contributed by atoms with Gasteiger partial charge in [0, 0.05) is 23.5 Å². The van der Waals surface area contributed by atoms with Crippen molar-refractivity contribution in [1.82, 2.24) is 4.98 Å². The van der Waals surface area contributed by atoms with Crippen LogP contribution in [0.2, 0.25) is 0 Å². The van der Waals surface area contributed by atoms with Crippen molar-refractivity contribution in [3.05, 3.63) is 23.5 Å². The van der Waals surface area contributed by atoms with E-state index in [1.165, 1.54) is 12.0 Å². The van der Waals surface area contributed by atoms with Gasteiger partial charge in [0.2, 0.25) is 0 Å². The fourth-order valence-corrected chi connectivity index (χ4v) is 1.38. The van der Waals surface area contributed by atoms with Crippen molar-refractivity contribution in [3.63, 3.8) is 0 Å². The number of methoxy groups -OCH3 is 1. The lowest BCUT2D eigenvalue weighted by atomic mass is 10.0. The summed E-state index contributed by atoms with van der Waals surface area (Å²) in [5.74, 6) is 1.69. The number of nitrogens with zero attached hydrogens (tertiary/aromatic N) is 1. The van der Waals surface area contributed by atoms with E-state index in [1.807, 2.05) is 19.2 Å². The summed E-state index contributed by atoms with van der Waals surface area (Å²) in [5, 5.41) is 0.